The number of carbonyl (C=O) groups excluding carboxylic acids is 1. The molecule has 2 heterocycles. The standard InChI is InChI=1S/C12H12FN3OS/c1-2-9-6-15-11(18-9)7-16-12(17)8-3-4-10(13)14-5-8/h3-6H,2,7H2,1H3,(H,16,17). The van der Waals surface area contributed by atoms with Crippen molar-refractivity contribution in [1.29, 1.82) is 0 Å². The highest BCUT2D eigenvalue weighted by Crippen LogP contribution is 2.13. The van der Waals surface area contributed by atoms with Crippen molar-refractivity contribution in [3.05, 3.63) is 45.9 Å². The van der Waals surface area contributed by atoms with E-state index < -0.39 is 5.95 Å². The Labute approximate surface area is 108 Å². The molecular formula is C12H12FN3OS. The summed E-state index contributed by atoms with van der Waals surface area (Å²) in [6.07, 6.45) is 3.96. The van der Waals surface area contributed by atoms with Gasteiger partial charge in [-0.25, -0.2) is 9.97 Å². The fourth-order valence-corrected chi connectivity index (χ4v) is 2.16. The lowest BCUT2D eigenvalue weighted by atomic mass is 10.3. The molecule has 0 aromatic carbocycles. The highest BCUT2D eigenvalue weighted by atomic mass is 32.1. The number of nitrogens with one attached hydrogen (secondary N) is 1. The fraction of sp³-hybridized carbons (Fsp3) is 0.250. The molecule has 0 radical (unpaired) electrons. The zero-order chi connectivity index (χ0) is 13.0. The molecule has 4 nitrogen and oxygen atoms in total. The molecule has 0 saturated heterocycles. The van der Waals surface area contributed by atoms with Gasteiger partial charge in [0.15, 0.2) is 0 Å². The van der Waals surface area contributed by atoms with Crippen molar-refractivity contribution in [2.24, 2.45) is 0 Å². The topological polar surface area (TPSA) is 54.9 Å². The first kappa shape index (κ1) is 12.6. The smallest absolute Gasteiger partial charge is 0.253 e. The minimum Gasteiger partial charge on any atom is -0.345 e. The van der Waals surface area contributed by atoms with Crippen molar-refractivity contribution in [3.63, 3.8) is 0 Å². The molecule has 0 atom stereocenters. The Morgan fingerprint density at radius 2 is 2.22 bits per heavy atom. The summed E-state index contributed by atoms with van der Waals surface area (Å²) in [4.78, 5) is 20.5. The predicted octanol–water partition coefficient (Wildman–Crippen LogP) is 2.17. The summed E-state index contributed by atoms with van der Waals surface area (Å²) >= 11 is 1.57. The Morgan fingerprint density at radius 3 is 2.83 bits per heavy atom. The van der Waals surface area contributed by atoms with Gasteiger partial charge in [0.25, 0.3) is 5.91 Å². The number of thiazole rings is 1. The molecule has 0 unspecified atom stereocenters. The van der Waals surface area contributed by atoms with Gasteiger partial charge in [-0.2, -0.15) is 4.39 Å². The minimum absolute atomic E-state index is 0.282. The second-order valence-corrected chi connectivity index (χ2v) is 4.83. The van der Waals surface area contributed by atoms with Crippen molar-refractivity contribution in [3.8, 4) is 0 Å². The second kappa shape index (κ2) is 5.68. The first-order chi connectivity index (χ1) is 8.69. The van der Waals surface area contributed by atoms with E-state index in [0.29, 0.717) is 12.1 Å². The fourth-order valence-electron chi connectivity index (χ4n) is 1.36. The van der Waals surface area contributed by atoms with Crippen LogP contribution in [0.25, 0.3) is 0 Å². The molecule has 0 aliphatic rings. The van der Waals surface area contributed by atoms with E-state index in [9.17, 15) is 9.18 Å². The van der Waals surface area contributed by atoms with Gasteiger partial charge in [-0.1, -0.05) is 6.92 Å². The number of hydrogen-bond acceptors (Lipinski definition) is 4. The Hall–Kier alpha value is -1.82. The molecule has 0 fully saturated rings. The van der Waals surface area contributed by atoms with Crippen LogP contribution in [0.1, 0.15) is 27.2 Å². The molecule has 94 valence electrons. The van der Waals surface area contributed by atoms with Gasteiger partial charge >= 0.3 is 0 Å². The summed E-state index contributed by atoms with van der Waals surface area (Å²) in [5.74, 6) is -0.880. The molecule has 0 saturated carbocycles. The van der Waals surface area contributed by atoms with E-state index in [1.807, 2.05) is 6.20 Å². The summed E-state index contributed by atoms with van der Waals surface area (Å²) in [5.41, 5.74) is 0.337. The number of hydrogen-bond donors (Lipinski definition) is 1. The average Bonchev–Trinajstić information content (AvgIpc) is 2.85. The number of amides is 1. The molecule has 1 amide bonds. The number of carbonyl (C=O) groups is 1. The largest absolute Gasteiger partial charge is 0.345 e. The maximum absolute atomic E-state index is 12.6. The van der Waals surface area contributed by atoms with E-state index in [-0.39, 0.29) is 5.91 Å². The molecule has 2 rings (SSSR count). The van der Waals surface area contributed by atoms with Crippen molar-refractivity contribution in [2.45, 2.75) is 19.9 Å². The zero-order valence-electron chi connectivity index (χ0n) is 9.81. The Kier molecular flexibility index (Phi) is 3.99. The van der Waals surface area contributed by atoms with Crippen LogP contribution < -0.4 is 5.32 Å². The highest BCUT2D eigenvalue weighted by Gasteiger charge is 2.07. The molecular weight excluding hydrogens is 253 g/mol. The quantitative estimate of drug-likeness (QED) is 0.862. The normalized spacial score (nSPS) is 10.3. The molecule has 0 spiro atoms. The van der Waals surface area contributed by atoms with E-state index in [1.54, 1.807) is 11.3 Å². The van der Waals surface area contributed by atoms with Crippen LogP contribution in [0.15, 0.2) is 24.5 Å². The van der Waals surface area contributed by atoms with Crippen LogP contribution in [0, 0.1) is 5.95 Å². The first-order valence-corrected chi connectivity index (χ1v) is 6.34. The summed E-state index contributed by atoms with van der Waals surface area (Å²) in [5, 5.41) is 3.58. The molecule has 1 N–H and O–H groups in total. The van der Waals surface area contributed by atoms with Crippen LogP contribution in [-0.4, -0.2) is 15.9 Å². The second-order valence-electron chi connectivity index (χ2n) is 3.63. The summed E-state index contributed by atoms with van der Waals surface area (Å²) in [6, 6.07) is 2.56. The molecule has 18 heavy (non-hydrogen) atoms. The van der Waals surface area contributed by atoms with E-state index >= 15 is 0 Å². The van der Waals surface area contributed by atoms with Crippen LogP contribution in [0.2, 0.25) is 0 Å². The maximum Gasteiger partial charge on any atom is 0.253 e. The minimum atomic E-state index is -0.598. The first-order valence-electron chi connectivity index (χ1n) is 5.52. The number of aromatic nitrogens is 2. The van der Waals surface area contributed by atoms with Crippen LogP contribution in [0.5, 0.6) is 0 Å². The van der Waals surface area contributed by atoms with Gasteiger partial charge in [0.2, 0.25) is 5.95 Å². The van der Waals surface area contributed by atoms with Crippen molar-refractivity contribution in [1.82, 2.24) is 15.3 Å². The van der Waals surface area contributed by atoms with Gasteiger partial charge in [-0.05, 0) is 18.6 Å². The average molecular weight is 265 g/mol. The van der Waals surface area contributed by atoms with Gasteiger partial charge in [-0.3, -0.25) is 4.79 Å². The number of nitrogens with zero attached hydrogens (tertiary/aromatic N) is 2. The van der Waals surface area contributed by atoms with Gasteiger partial charge < -0.3 is 5.32 Å². The third-order valence-corrected chi connectivity index (χ3v) is 3.48. The lowest BCUT2D eigenvalue weighted by Gasteiger charge is -2.02. The van der Waals surface area contributed by atoms with Crippen molar-refractivity contribution < 1.29 is 9.18 Å². The lowest BCUT2D eigenvalue weighted by Crippen LogP contribution is -2.22. The predicted molar refractivity (Wildman–Crippen MR) is 66.9 cm³/mol. The molecule has 2 aromatic rings. The lowest BCUT2D eigenvalue weighted by molar-refractivity contribution is 0.0950. The van der Waals surface area contributed by atoms with Gasteiger partial charge in [0.1, 0.15) is 5.01 Å². The Bertz CT molecular complexity index is 539. The zero-order valence-corrected chi connectivity index (χ0v) is 10.6. The highest BCUT2D eigenvalue weighted by molar-refractivity contribution is 7.11. The monoisotopic (exact) mass is 265 g/mol. The summed E-state index contributed by atoms with van der Waals surface area (Å²) < 4.78 is 12.6. The molecule has 2 aromatic heterocycles. The SMILES string of the molecule is CCc1cnc(CNC(=O)c2ccc(F)nc2)s1. The summed E-state index contributed by atoms with van der Waals surface area (Å²) in [7, 11) is 0. The van der Waals surface area contributed by atoms with E-state index in [2.05, 4.69) is 22.2 Å². The van der Waals surface area contributed by atoms with E-state index in [1.165, 1.54) is 17.1 Å². The number of halogens is 1. The van der Waals surface area contributed by atoms with Gasteiger partial charge in [0, 0.05) is 17.3 Å². The number of aryl methyl sites for hydroxylation is 1. The Balaban J connectivity index is 1.93. The van der Waals surface area contributed by atoms with Crippen molar-refractivity contribution in [2.75, 3.05) is 0 Å². The third-order valence-electron chi connectivity index (χ3n) is 2.34. The number of rotatable bonds is 4. The van der Waals surface area contributed by atoms with Crippen LogP contribution >= 0.6 is 11.3 Å². The molecule has 6 heteroatoms. The third kappa shape index (κ3) is 3.10. The van der Waals surface area contributed by atoms with E-state index in [4.69, 9.17) is 0 Å². The molecule has 0 aliphatic heterocycles. The maximum atomic E-state index is 12.6. The summed E-state index contributed by atoms with van der Waals surface area (Å²) in [6.45, 7) is 2.43. The van der Waals surface area contributed by atoms with Crippen LogP contribution in [0.3, 0.4) is 0 Å². The Morgan fingerprint density at radius 1 is 1.39 bits per heavy atom. The van der Waals surface area contributed by atoms with Crippen molar-refractivity contribution >= 4 is 17.2 Å². The molecule has 0 bridgehead atoms. The van der Waals surface area contributed by atoms with Gasteiger partial charge in [0.05, 0.1) is 12.1 Å². The molecule has 0 aliphatic carbocycles. The van der Waals surface area contributed by atoms with Gasteiger partial charge in [-0.15, -0.1) is 11.3 Å². The van der Waals surface area contributed by atoms with Crippen LogP contribution in [0.4, 0.5) is 4.39 Å². The van der Waals surface area contributed by atoms with Crippen LogP contribution in [-0.2, 0) is 13.0 Å². The number of pyridine rings is 1. The van der Waals surface area contributed by atoms with E-state index in [0.717, 1.165) is 17.5 Å².